The molecule has 1 heterocycles. The Labute approximate surface area is 102 Å². The molecule has 1 aromatic heterocycles. The van der Waals surface area contributed by atoms with Gasteiger partial charge in [-0.25, -0.2) is 8.78 Å². The average Bonchev–Trinajstić information content (AvgIpc) is 2.37. The van der Waals surface area contributed by atoms with E-state index in [-0.39, 0.29) is 23.3 Å². The van der Waals surface area contributed by atoms with Crippen molar-refractivity contribution in [1.82, 2.24) is 15.0 Å². The number of anilines is 1. The lowest BCUT2D eigenvalue weighted by Crippen LogP contribution is -2.03. The van der Waals surface area contributed by atoms with Crippen LogP contribution in [0, 0.1) is 11.6 Å². The number of methoxy groups -OCH3 is 1. The third kappa shape index (κ3) is 2.50. The molecule has 0 aliphatic rings. The van der Waals surface area contributed by atoms with Crippen LogP contribution in [-0.2, 0) is 0 Å². The highest BCUT2D eigenvalue weighted by Crippen LogP contribution is 2.20. The monoisotopic (exact) mass is 252 g/mol. The van der Waals surface area contributed by atoms with Crippen LogP contribution in [0.15, 0.2) is 18.2 Å². The van der Waals surface area contributed by atoms with Gasteiger partial charge in [-0.15, -0.1) is 0 Å². The Balaban J connectivity index is 2.55. The molecule has 2 aromatic rings. The Morgan fingerprint density at radius 2 is 1.72 bits per heavy atom. The van der Waals surface area contributed by atoms with Crippen molar-refractivity contribution in [2.45, 2.75) is 0 Å². The molecule has 94 valence electrons. The smallest absolute Gasteiger partial charge is 0.321 e. The first-order valence-corrected chi connectivity index (χ1v) is 5.06. The fraction of sp³-hybridized carbons (Fsp3) is 0.182. The van der Waals surface area contributed by atoms with Crippen LogP contribution in [0.1, 0.15) is 0 Å². The maximum atomic E-state index is 13.1. The molecule has 0 radical (unpaired) electrons. The van der Waals surface area contributed by atoms with Crippen LogP contribution in [-0.4, -0.2) is 29.1 Å². The van der Waals surface area contributed by atoms with E-state index in [1.165, 1.54) is 7.11 Å². The zero-order valence-electron chi connectivity index (χ0n) is 9.74. The number of nitrogens with one attached hydrogen (secondary N) is 1. The fourth-order valence-corrected chi connectivity index (χ4v) is 1.37. The van der Waals surface area contributed by atoms with Crippen LogP contribution in [0.2, 0.25) is 0 Å². The Kier molecular flexibility index (Phi) is 3.31. The molecule has 0 atom stereocenters. The summed E-state index contributed by atoms with van der Waals surface area (Å²) in [4.78, 5) is 11.8. The standard InChI is InChI=1S/C11H10F2N4O/c1-14-10-15-9(16-11(17-10)18-2)6-3-7(12)5-8(13)4-6/h3-5H,1-2H3,(H,14,15,16,17). The van der Waals surface area contributed by atoms with Crippen LogP contribution in [0.5, 0.6) is 6.01 Å². The van der Waals surface area contributed by atoms with E-state index in [4.69, 9.17) is 4.74 Å². The summed E-state index contributed by atoms with van der Waals surface area (Å²) in [5.41, 5.74) is 0.213. The SMILES string of the molecule is CNc1nc(OC)nc(-c2cc(F)cc(F)c2)n1. The van der Waals surface area contributed by atoms with Crippen molar-refractivity contribution >= 4 is 5.95 Å². The van der Waals surface area contributed by atoms with Gasteiger partial charge in [-0.2, -0.15) is 15.0 Å². The summed E-state index contributed by atoms with van der Waals surface area (Å²) in [7, 11) is 3.01. The maximum absolute atomic E-state index is 13.1. The summed E-state index contributed by atoms with van der Waals surface area (Å²) in [5.74, 6) is -1.02. The van der Waals surface area contributed by atoms with Gasteiger partial charge in [0.1, 0.15) is 11.6 Å². The number of ether oxygens (including phenoxy) is 1. The molecule has 0 saturated carbocycles. The van der Waals surface area contributed by atoms with E-state index in [0.29, 0.717) is 0 Å². The topological polar surface area (TPSA) is 59.9 Å². The molecule has 0 saturated heterocycles. The minimum atomic E-state index is -0.699. The first-order chi connectivity index (χ1) is 8.62. The van der Waals surface area contributed by atoms with Crippen LogP contribution < -0.4 is 10.1 Å². The van der Waals surface area contributed by atoms with Crippen molar-refractivity contribution in [1.29, 1.82) is 0 Å². The molecule has 18 heavy (non-hydrogen) atoms. The molecule has 1 aromatic carbocycles. The van der Waals surface area contributed by atoms with Crippen molar-refractivity contribution < 1.29 is 13.5 Å². The van der Waals surface area contributed by atoms with E-state index in [9.17, 15) is 8.78 Å². The highest BCUT2D eigenvalue weighted by molar-refractivity contribution is 5.56. The van der Waals surface area contributed by atoms with Crippen molar-refractivity contribution in [3.8, 4) is 17.4 Å². The van der Waals surface area contributed by atoms with Gasteiger partial charge in [0.15, 0.2) is 5.82 Å². The predicted molar refractivity (Wildman–Crippen MR) is 61.3 cm³/mol. The first kappa shape index (κ1) is 12.2. The summed E-state index contributed by atoms with van der Waals surface area (Å²) >= 11 is 0. The first-order valence-electron chi connectivity index (χ1n) is 5.06. The van der Waals surface area contributed by atoms with Gasteiger partial charge < -0.3 is 10.1 Å². The Bertz CT molecular complexity index is 534. The quantitative estimate of drug-likeness (QED) is 0.903. The summed E-state index contributed by atoms with van der Waals surface area (Å²) in [6, 6.07) is 3.11. The van der Waals surface area contributed by atoms with E-state index in [1.54, 1.807) is 7.05 Å². The van der Waals surface area contributed by atoms with Gasteiger partial charge in [0.2, 0.25) is 5.95 Å². The molecule has 1 N–H and O–H groups in total. The summed E-state index contributed by atoms with van der Waals surface area (Å²) in [5, 5.41) is 2.71. The molecule has 0 bridgehead atoms. The van der Waals surface area contributed by atoms with Crippen molar-refractivity contribution in [2.24, 2.45) is 0 Å². The highest BCUT2D eigenvalue weighted by atomic mass is 19.1. The third-order valence-electron chi connectivity index (χ3n) is 2.14. The maximum Gasteiger partial charge on any atom is 0.321 e. The minimum absolute atomic E-state index is 0.0639. The van der Waals surface area contributed by atoms with E-state index in [0.717, 1.165) is 18.2 Å². The lowest BCUT2D eigenvalue weighted by Gasteiger charge is -2.05. The lowest BCUT2D eigenvalue weighted by atomic mass is 10.2. The van der Waals surface area contributed by atoms with Gasteiger partial charge in [-0.1, -0.05) is 0 Å². The molecule has 0 spiro atoms. The Hall–Kier alpha value is -2.31. The van der Waals surface area contributed by atoms with Crippen LogP contribution >= 0.6 is 0 Å². The van der Waals surface area contributed by atoms with Crippen LogP contribution in [0.4, 0.5) is 14.7 Å². The Morgan fingerprint density at radius 1 is 1.06 bits per heavy atom. The van der Waals surface area contributed by atoms with Gasteiger partial charge >= 0.3 is 6.01 Å². The molecule has 0 amide bonds. The van der Waals surface area contributed by atoms with Crippen molar-refractivity contribution in [2.75, 3.05) is 19.5 Å². The van der Waals surface area contributed by atoms with Crippen molar-refractivity contribution in [3.63, 3.8) is 0 Å². The normalized spacial score (nSPS) is 10.2. The summed E-state index contributed by atoms with van der Waals surface area (Å²) in [6.45, 7) is 0. The number of rotatable bonds is 3. The van der Waals surface area contributed by atoms with Gasteiger partial charge in [0.05, 0.1) is 7.11 Å². The second-order valence-electron chi connectivity index (χ2n) is 3.38. The largest absolute Gasteiger partial charge is 0.467 e. The van der Waals surface area contributed by atoms with Crippen molar-refractivity contribution in [3.05, 3.63) is 29.8 Å². The highest BCUT2D eigenvalue weighted by Gasteiger charge is 2.10. The lowest BCUT2D eigenvalue weighted by molar-refractivity contribution is 0.379. The molecular weight excluding hydrogens is 242 g/mol. The van der Waals surface area contributed by atoms with E-state index in [1.807, 2.05) is 0 Å². The third-order valence-corrected chi connectivity index (χ3v) is 2.14. The minimum Gasteiger partial charge on any atom is -0.467 e. The molecule has 0 aliphatic heterocycles. The molecular formula is C11H10F2N4O. The average molecular weight is 252 g/mol. The summed E-state index contributed by atoms with van der Waals surface area (Å²) < 4.78 is 31.1. The summed E-state index contributed by atoms with van der Waals surface area (Å²) in [6.07, 6.45) is 0. The van der Waals surface area contributed by atoms with E-state index < -0.39 is 11.6 Å². The molecule has 7 heteroatoms. The molecule has 2 rings (SSSR count). The van der Waals surface area contributed by atoms with Gasteiger partial charge in [0.25, 0.3) is 0 Å². The van der Waals surface area contributed by atoms with Gasteiger partial charge in [0, 0.05) is 18.7 Å². The van der Waals surface area contributed by atoms with E-state index >= 15 is 0 Å². The number of hydrogen-bond donors (Lipinski definition) is 1. The van der Waals surface area contributed by atoms with Gasteiger partial charge in [-0.05, 0) is 12.1 Å². The predicted octanol–water partition coefficient (Wildman–Crippen LogP) is 1.87. The second kappa shape index (κ2) is 4.91. The number of benzene rings is 1. The second-order valence-corrected chi connectivity index (χ2v) is 3.38. The van der Waals surface area contributed by atoms with Gasteiger partial charge in [-0.3, -0.25) is 0 Å². The number of halogens is 2. The zero-order chi connectivity index (χ0) is 13.1. The Morgan fingerprint density at radius 3 is 2.28 bits per heavy atom. The van der Waals surface area contributed by atoms with Crippen LogP contribution in [0.25, 0.3) is 11.4 Å². The number of aromatic nitrogens is 3. The number of hydrogen-bond acceptors (Lipinski definition) is 5. The fourth-order valence-electron chi connectivity index (χ4n) is 1.37. The number of nitrogens with zero attached hydrogens (tertiary/aromatic N) is 3. The van der Waals surface area contributed by atoms with Crippen LogP contribution in [0.3, 0.4) is 0 Å². The molecule has 5 nitrogen and oxygen atoms in total. The zero-order valence-corrected chi connectivity index (χ0v) is 9.74. The molecule has 0 fully saturated rings. The van der Waals surface area contributed by atoms with E-state index in [2.05, 4.69) is 20.3 Å². The molecule has 0 aliphatic carbocycles. The molecule has 0 unspecified atom stereocenters.